The highest BCUT2D eigenvalue weighted by Crippen LogP contribution is 2.57. The van der Waals surface area contributed by atoms with Gasteiger partial charge in [-0.2, -0.15) is 0 Å². The van der Waals surface area contributed by atoms with Gasteiger partial charge in [0.25, 0.3) is 0 Å². The summed E-state index contributed by atoms with van der Waals surface area (Å²) in [4.78, 5) is 2.59. The van der Waals surface area contributed by atoms with E-state index >= 15 is 0 Å². The van der Waals surface area contributed by atoms with E-state index in [0.717, 1.165) is 12.1 Å². The van der Waals surface area contributed by atoms with Crippen molar-refractivity contribution in [3.05, 3.63) is 198 Å². The van der Waals surface area contributed by atoms with Crippen molar-refractivity contribution in [2.24, 2.45) is 0 Å². The molecule has 0 aliphatic heterocycles. The summed E-state index contributed by atoms with van der Waals surface area (Å²) >= 11 is 0. The lowest BCUT2D eigenvalue weighted by molar-refractivity contribution is 0.660. The van der Waals surface area contributed by atoms with Gasteiger partial charge < -0.3 is 4.90 Å². The van der Waals surface area contributed by atoms with Crippen molar-refractivity contribution in [2.45, 2.75) is 25.7 Å². The van der Waals surface area contributed by atoms with Crippen LogP contribution in [0.25, 0.3) is 55.3 Å². The quantitative estimate of drug-likeness (QED) is 0.179. The van der Waals surface area contributed by atoms with Crippen molar-refractivity contribution in [2.75, 3.05) is 4.90 Å². The molecule has 8 aromatic rings. The lowest BCUT2D eigenvalue weighted by Crippen LogP contribution is -2.16. The van der Waals surface area contributed by atoms with Crippen LogP contribution in [0.1, 0.15) is 36.1 Å². The molecule has 0 aromatic heterocycles. The number of benzene rings is 8. The Morgan fingerprint density at radius 2 is 1.06 bits per heavy atom. The summed E-state index contributed by atoms with van der Waals surface area (Å²) in [6.45, 7) is 4.75. The van der Waals surface area contributed by atoms with Gasteiger partial charge in [-0.1, -0.05) is 159 Å². The van der Waals surface area contributed by atoms with Gasteiger partial charge >= 0.3 is 0 Å². The fourth-order valence-corrected chi connectivity index (χ4v) is 8.84. The highest BCUT2D eigenvalue weighted by atomic mass is 15.1. The molecule has 0 fully saturated rings. The van der Waals surface area contributed by atoms with Crippen LogP contribution in [0.4, 0.5) is 17.1 Å². The lowest BCUT2D eigenvalue weighted by Gasteiger charge is -2.32. The van der Waals surface area contributed by atoms with Crippen LogP contribution in [-0.2, 0) is 11.8 Å². The number of rotatable bonds is 5. The minimum Gasteiger partial charge on any atom is -0.309 e. The average molecular weight is 652 g/mol. The molecule has 0 N–H and O–H groups in total. The summed E-state index contributed by atoms with van der Waals surface area (Å²) in [7, 11) is 0. The van der Waals surface area contributed by atoms with Crippen molar-refractivity contribution in [3.8, 4) is 44.5 Å². The van der Waals surface area contributed by atoms with E-state index in [2.05, 4.69) is 195 Å². The van der Waals surface area contributed by atoms with Crippen LogP contribution in [0.15, 0.2) is 176 Å². The normalized spacial score (nSPS) is 13.4. The first-order chi connectivity index (χ1) is 25.1. The zero-order chi connectivity index (χ0) is 34.1. The third-order valence-electron chi connectivity index (χ3n) is 11.2. The van der Waals surface area contributed by atoms with E-state index in [1.54, 1.807) is 0 Å². The lowest BCUT2D eigenvalue weighted by atomic mass is 9.82. The first-order valence-corrected chi connectivity index (χ1v) is 18.0. The van der Waals surface area contributed by atoms with Crippen molar-refractivity contribution in [1.29, 1.82) is 0 Å². The Kier molecular flexibility index (Phi) is 6.66. The Morgan fingerprint density at radius 3 is 1.80 bits per heavy atom. The Morgan fingerprint density at radius 1 is 0.451 bits per heavy atom. The average Bonchev–Trinajstić information content (AvgIpc) is 3.69. The van der Waals surface area contributed by atoms with Crippen LogP contribution in [0.3, 0.4) is 0 Å². The summed E-state index contributed by atoms with van der Waals surface area (Å²) < 4.78 is 0. The zero-order valence-corrected chi connectivity index (χ0v) is 28.9. The second-order valence-electron chi connectivity index (χ2n) is 14.5. The highest BCUT2D eigenvalue weighted by molar-refractivity contribution is 6.06. The van der Waals surface area contributed by atoms with Crippen molar-refractivity contribution >= 4 is 27.8 Å². The monoisotopic (exact) mass is 651 g/mol. The predicted molar refractivity (Wildman–Crippen MR) is 215 cm³/mol. The van der Waals surface area contributed by atoms with Gasteiger partial charge in [-0.25, -0.2) is 0 Å². The Balaban J connectivity index is 1.35. The van der Waals surface area contributed by atoms with E-state index in [1.165, 1.54) is 88.9 Å². The highest BCUT2D eigenvalue weighted by Gasteiger charge is 2.38. The molecule has 0 spiro atoms. The molecule has 0 saturated heterocycles. The molecule has 0 bridgehead atoms. The number of hydrogen-bond acceptors (Lipinski definition) is 1. The van der Waals surface area contributed by atoms with Gasteiger partial charge in [0, 0.05) is 22.2 Å². The maximum absolute atomic E-state index is 2.59. The fraction of sp³-hybridized carbons (Fsp3) is 0.0800. The van der Waals surface area contributed by atoms with E-state index in [0.29, 0.717) is 0 Å². The summed E-state index contributed by atoms with van der Waals surface area (Å²) in [5.41, 5.74) is 19.1. The van der Waals surface area contributed by atoms with Crippen LogP contribution in [0, 0.1) is 0 Å². The Hall–Kier alpha value is -6.18. The summed E-state index contributed by atoms with van der Waals surface area (Å²) in [5.74, 6) is 0. The Labute approximate surface area is 300 Å². The molecule has 0 heterocycles. The van der Waals surface area contributed by atoms with E-state index in [9.17, 15) is 0 Å². The molecule has 1 nitrogen and oxygen atoms in total. The molecule has 2 aliphatic rings. The number of nitrogens with zero attached hydrogens (tertiary/aromatic N) is 1. The molecule has 242 valence electrons. The molecule has 51 heavy (non-hydrogen) atoms. The van der Waals surface area contributed by atoms with E-state index in [-0.39, 0.29) is 5.41 Å². The zero-order valence-electron chi connectivity index (χ0n) is 28.9. The standard InChI is InChI=1S/C50H37N/c1-50(2)44-25-14-13-24-42(44)49-45(50)26-15-27-46(49)51(39-29-37(33-16-5-3-6-17-33)28-38(30-39)34-18-7-4-8-19-34)47-32-36-21-9-11-22-40(36)43-31-35-20-10-12-23-41(35)48(43)47/h3-30,32H,31H2,1-2H3. The third kappa shape index (κ3) is 4.62. The fourth-order valence-electron chi connectivity index (χ4n) is 8.84. The number of fused-ring (bicyclic) bond motifs is 8. The Bertz CT molecular complexity index is 2570. The molecular weight excluding hydrogens is 615 g/mol. The topological polar surface area (TPSA) is 3.24 Å². The molecule has 1 heteroatoms. The first kappa shape index (κ1) is 29.7. The van der Waals surface area contributed by atoms with Crippen LogP contribution in [-0.4, -0.2) is 0 Å². The largest absolute Gasteiger partial charge is 0.309 e. The first-order valence-electron chi connectivity index (χ1n) is 18.0. The maximum Gasteiger partial charge on any atom is 0.0549 e. The van der Waals surface area contributed by atoms with Crippen LogP contribution in [0.5, 0.6) is 0 Å². The van der Waals surface area contributed by atoms with Crippen molar-refractivity contribution < 1.29 is 0 Å². The molecule has 0 saturated carbocycles. The molecule has 2 aliphatic carbocycles. The second-order valence-corrected chi connectivity index (χ2v) is 14.5. The third-order valence-corrected chi connectivity index (χ3v) is 11.2. The van der Waals surface area contributed by atoms with Gasteiger partial charge in [-0.05, 0) is 103 Å². The van der Waals surface area contributed by atoms with Crippen molar-refractivity contribution in [1.82, 2.24) is 0 Å². The van der Waals surface area contributed by atoms with Crippen LogP contribution < -0.4 is 4.90 Å². The molecule has 8 aromatic carbocycles. The SMILES string of the molecule is CC1(C)c2ccccc2-c2c(N(c3cc(-c4ccccc4)cc(-c4ccccc4)c3)c3cc4ccccc4c4c3-c3ccccc3C4)cccc21. The second kappa shape index (κ2) is 11.4. The van der Waals surface area contributed by atoms with Crippen LogP contribution >= 0.6 is 0 Å². The summed E-state index contributed by atoms with van der Waals surface area (Å²) in [5, 5.41) is 2.60. The van der Waals surface area contributed by atoms with Gasteiger partial charge in [0.1, 0.15) is 0 Å². The minimum atomic E-state index is -0.118. The molecule has 0 unspecified atom stereocenters. The minimum absolute atomic E-state index is 0.118. The van der Waals surface area contributed by atoms with Gasteiger partial charge in [0.05, 0.1) is 11.4 Å². The summed E-state index contributed by atoms with van der Waals surface area (Å²) in [6.07, 6.45) is 0.926. The summed E-state index contributed by atoms with van der Waals surface area (Å²) in [6, 6.07) is 65.1. The van der Waals surface area contributed by atoms with E-state index in [4.69, 9.17) is 0 Å². The smallest absolute Gasteiger partial charge is 0.0549 e. The molecule has 0 amide bonds. The number of anilines is 3. The van der Waals surface area contributed by atoms with E-state index in [1.807, 2.05) is 0 Å². The van der Waals surface area contributed by atoms with Crippen molar-refractivity contribution in [3.63, 3.8) is 0 Å². The van der Waals surface area contributed by atoms with Crippen LogP contribution in [0.2, 0.25) is 0 Å². The van der Waals surface area contributed by atoms with Gasteiger partial charge in [0.15, 0.2) is 0 Å². The predicted octanol–water partition coefficient (Wildman–Crippen LogP) is 13.5. The molecular formula is C50H37N. The van der Waals surface area contributed by atoms with Gasteiger partial charge in [-0.3, -0.25) is 0 Å². The molecule has 0 radical (unpaired) electrons. The molecule has 0 atom stereocenters. The van der Waals surface area contributed by atoms with Gasteiger partial charge in [-0.15, -0.1) is 0 Å². The number of hydrogen-bond donors (Lipinski definition) is 0. The molecule has 10 rings (SSSR count). The maximum atomic E-state index is 2.59. The van der Waals surface area contributed by atoms with Gasteiger partial charge in [0.2, 0.25) is 0 Å². The van der Waals surface area contributed by atoms with E-state index < -0.39 is 0 Å².